The van der Waals surface area contributed by atoms with Crippen LogP contribution in [0.5, 0.6) is 0 Å². The topological polar surface area (TPSA) is 37.3 Å². The fraction of sp³-hybridized carbons (Fsp3) is 0.960. The first-order valence-electron chi connectivity index (χ1n) is 12.3. The molecular formula is C25H50O2. The zero-order valence-corrected chi connectivity index (χ0v) is 18.9. The average Bonchev–Trinajstić information content (AvgIpc) is 2.65. The second kappa shape index (κ2) is 20.2. The van der Waals surface area contributed by atoms with Gasteiger partial charge in [-0.3, -0.25) is 4.79 Å². The summed E-state index contributed by atoms with van der Waals surface area (Å²) in [6.07, 6.45) is 24.3. The number of carboxylic acids is 1. The quantitative estimate of drug-likeness (QED) is 0.201. The molecule has 0 aliphatic carbocycles. The Balaban J connectivity index is 3.46. The van der Waals surface area contributed by atoms with Crippen molar-refractivity contribution in [3.05, 3.63) is 0 Å². The number of aliphatic carboxylic acids is 1. The third kappa shape index (κ3) is 18.6. The van der Waals surface area contributed by atoms with E-state index in [2.05, 4.69) is 20.8 Å². The molecule has 2 heteroatoms. The first-order valence-corrected chi connectivity index (χ1v) is 12.3. The van der Waals surface area contributed by atoms with Gasteiger partial charge >= 0.3 is 5.97 Å². The van der Waals surface area contributed by atoms with Crippen LogP contribution in [0, 0.1) is 11.8 Å². The van der Waals surface area contributed by atoms with E-state index >= 15 is 0 Å². The van der Waals surface area contributed by atoms with Crippen molar-refractivity contribution in [1.82, 2.24) is 0 Å². The van der Waals surface area contributed by atoms with Gasteiger partial charge < -0.3 is 5.11 Å². The van der Waals surface area contributed by atoms with Crippen LogP contribution < -0.4 is 0 Å². The minimum Gasteiger partial charge on any atom is -0.481 e. The molecule has 162 valence electrons. The van der Waals surface area contributed by atoms with E-state index in [0.29, 0.717) is 5.92 Å². The van der Waals surface area contributed by atoms with E-state index in [1.807, 2.05) is 0 Å². The molecule has 0 amide bonds. The third-order valence-electron chi connectivity index (χ3n) is 5.99. The maximum absolute atomic E-state index is 11.5. The van der Waals surface area contributed by atoms with E-state index < -0.39 is 5.97 Å². The van der Waals surface area contributed by atoms with Gasteiger partial charge in [0.05, 0.1) is 5.92 Å². The number of hydrogen-bond acceptors (Lipinski definition) is 1. The number of hydrogen-bond donors (Lipinski definition) is 1. The van der Waals surface area contributed by atoms with Crippen LogP contribution in [0.2, 0.25) is 0 Å². The van der Waals surface area contributed by atoms with E-state index in [-0.39, 0.29) is 5.92 Å². The highest BCUT2D eigenvalue weighted by molar-refractivity contribution is 5.69. The molecule has 0 aromatic heterocycles. The van der Waals surface area contributed by atoms with Crippen molar-refractivity contribution >= 4 is 5.97 Å². The van der Waals surface area contributed by atoms with Crippen LogP contribution in [0.1, 0.15) is 143 Å². The normalized spacial score (nSPS) is 13.6. The SMILES string of the molecule is CCCCCCCCCCCCCCCCC(CC(C)CCCC)C(=O)O. The van der Waals surface area contributed by atoms with Gasteiger partial charge in [-0.05, 0) is 18.8 Å². The van der Waals surface area contributed by atoms with Crippen molar-refractivity contribution in [2.24, 2.45) is 11.8 Å². The summed E-state index contributed by atoms with van der Waals surface area (Å²) in [6.45, 7) is 6.70. The van der Waals surface area contributed by atoms with Crippen LogP contribution in [0.4, 0.5) is 0 Å². The second-order valence-electron chi connectivity index (χ2n) is 8.90. The Bertz CT molecular complexity index is 313. The Morgan fingerprint density at radius 3 is 1.44 bits per heavy atom. The molecule has 0 radical (unpaired) electrons. The molecule has 0 saturated carbocycles. The number of carboxylic acid groups (broad SMARTS) is 1. The Morgan fingerprint density at radius 1 is 0.630 bits per heavy atom. The molecule has 0 aliphatic rings. The van der Waals surface area contributed by atoms with Crippen LogP contribution in [0.15, 0.2) is 0 Å². The van der Waals surface area contributed by atoms with Gasteiger partial charge in [0.25, 0.3) is 0 Å². The molecule has 0 aromatic rings. The van der Waals surface area contributed by atoms with Gasteiger partial charge in [-0.25, -0.2) is 0 Å². The van der Waals surface area contributed by atoms with Crippen molar-refractivity contribution in [2.45, 2.75) is 143 Å². The predicted octanol–water partition coefficient (Wildman–Crippen LogP) is 8.78. The Hall–Kier alpha value is -0.530. The zero-order chi connectivity index (χ0) is 20.2. The standard InChI is InChI=1S/C25H50O2/c1-4-6-8-9-10-11-12-13-14-15-16-17-18-19-21-24(25(26)27)22-23(3)20-7-5-2/h23-24H,4-22H2,1-3H3,(H,26,27). The summed E-state index contributed by atoms with van der Waals surface area (Å²) in [4.78, 5) is 11.5. The Morgan fingerprint density at radius 2 is 1.04 bits per heavy atom. The zero-order valence-electron chi connectivity index (χ0n) is 18.9. The molecule has 2 unspecified atom stereocenters. The monoisotopic (exact) mass is 382 g/mol. The first-order chi connectivity index (χ1) is 13.1. The van der Waals surface area contributed by atoms with Gasteiger partial charge in [0, 0.05) is 0 Å². The van der Waals surface area contributed by atoms with Gasteiger partial charge in [0.15, 0.2) is 0 Å². The highest BCUT2D eigenvalue weighted by Gasteiger charge is 2.19. The summed E-state index contributed by atoms with van der Waals surface area (Å²) in [5.74, 6) is -0.139. The summed E-state index contributed by atoms with van der Waals surface area (Å²) in [5.41, 5.74) is 0. The molecule has 0 bridgehead atoms. The second-order valence-corrected chi connectivity index (χ2v) is 8.90. The van der Waals surface area contributed by atoms with E-state index in [4.69, 9.17) is 0 Å². The Kier molecular flexibility index (Phi) is 19.8. The minimum absolute atomic E-state index is 0.116. The molecule has 1 N–H and O–H groups in total. The lowest BCUT2D eigenvalue weighted by Gasteiger charge is -2.17. The van der Waals surface area contributed by atoms with E-state index in [9.17, 15) is 9.90 Å². The van der Waals surface area contributed by atoms with Gasteiger partial charge in [-0.1, -0.05) is 130 Å². The average molecular weight is 383 g/mol. The molecule has 27 heavy (non-hydrogen) atoms. The number of rotatable bonds is 21. The summed E-state index contributed by atoms with van der Waals surface area (Å²) in [7, 11) is 0. The summed E-state index contributed by atoms with van der Waals surface area (Å²) in [6, 6.07) is 0. The number of unbranched alkanes of at least 4 members (excludes halogenated alkanes) is 14. The summed E-state index contributed by atoms with van der Waals surface area (Å²) < 4.78 is 0. The lowest BCUT2D eigenvalue weighted by atomic mass is 9.88. The van der Waals surface area contributed by atoms with Crippen molar-refractivity contribution in [1.29, 1.82) is 0 Å². The maximum atomic E-state index is 11.5. The van der Waals surface area contributed by atoms with Crippen LogP contribution in [0.25, 0.3) is 0 Å². The smallest absolute Gasteiger partial charge is 0.306 e. The summed E-state index contributed by atoms with van der Waals surface area (Å²) >= 11 is 0. The number of carbonyl (C=O) groups is 1. The molecule has 0 rings (SSSR count). The molecule has 0 heterocycles. The largest absolute Gasteiger partial charge is 0.481 e. The van der Waals surface area contributed by atoms with Crippen LogP contribution in [-0.4, -0.2) is 11.1 Å². The third-order valence-corrected chi connectivity index (χ3v) is 5.99. The first kappa shape index (κ1) is 26.5. The lowest BCUT2D eigenvalue weighted by Crippen LogP contribution is -2.17. The Labute approximate surface area is 170 Å². The van der Waals surface area contributed by atoms with Crippen molar-refractivity contribution in [2.75, 3.05) is 0 Å². The maximum Gasteiger partial charge on any atom is 0.306 e. The lowest BCUT2D eigenvalue weighted by molar-refractivity contribution is -0.142. The van der Waals surface area contributed by atoms with Crippen molar-refractivity contribution < 1.29 is 9.90 Å². The molecule has 0 fully saturated rings. The summed E-state index contributed by atoms with van der Waals surface area (Å²) in [5, 5.41) is 9.45. The van der Waals surface area contributed by atoms with E-state index in [1.165, 1.54) is 103 Å². The molecule has 2 atom stereocenters. The van der Waals surface area contributed by atoms with Crippen LogP contribution in [-0.2, 0) is 4.79 Å². The minimum atomic E-state index is -0.576. The predicted molar refractivity (Wildman–Crippen MR) is 119 cm³/mol. The van der Waals surface area contributed by atoms with Gasteiger partial charge in [-0.2, -0.15) is 0 Å². The van der Waals surface area contributed by atoms with Crippen molar-refractivity contribution in [3.63, 3.8) is 0 Å². The van der Waals surface area contributed by atoms with Gasteiger partial charge in [-0.15, -0.1) is 0 Å². The van der Waals surface area contributed by atoms with Crippen LogP contribution in [0.3, 0.4) is 0 Å². The highest BCUT2D eigenvalue weighted by atomic mass is 16.4. The molecular weight excluding hydrogens is 332 g/mol. The molecule has 0 aromatic carbocycles. The molecule has 0 aliphatic heterocycles. The molecule has 0 saturated heterocycles. The molecule has 0 spiro atoms. The van der Waals surface area contributed by atoms with Crippen molar-refractivity contribution in [3.8, 4) is 0 Å². The fourth-order valence-corrected chi connectivity index (χ4v) is 4.08. The van der Waals surface area contributed by atoms with Gasteiger partial charge in [0.1, 0.15) is 0 Å². The fourth-order valence-electron chi connectivity index (χ4n) is 4.08. The molecule has 2 nitrogen and oxygen atoms in total. The van der Waals surface area contributed by atoms with E-state index in [0.717, 1.165) is 19.3 Å². The van der Waals surface area contributed by atoms with Gasteiger partial charge in [0.2, 0.25) is 0 Å². The van der Waals surface area contributed by atoms with E-state index in [1.54, 1.807) is 0 Å². The van der Waals surface area contributed by atoms with Crippen LogP contribution >= 0.6 is 0 Å². The highest BCUT2D eigenvalue weighted by Crippen LogP contribution is 2.23.